The first kappa shape index (κ1) is 27.2. The highest BCUT2D eigenvalue weighted by atomic mass is 19.1. The van der Waals surface area contributed by atoms with Gasteiger partial charge in [-0.25, -0.2) is 23.4 Å². The van der Waals surface area contributed by atoms with Gasteiger partial charge in [-0.1, -0.05) is 0 Å². The van der Waals surface area contributed by atoms with Gasteiger partial charge in [0.15, 0.2) is 34.7 Å². The van der Waals surface area contributed by atoms with Gasteiger partial charge in [-0.2, -0.15) is 9.50 Å². The van der Waals surface area contributed by atoms with Gasteiger partial charge < -0.3 is 24.9 Å². The number of nitrogens with zero attached hydrogens (tertiary/aromatic N) is 8. The molecule has 1 fully saturated rings. The molecular weight excluding hydrogens is 556 g/mol. The monoisotopic (exact) mass is 583 g/mol. The zero-order valence-electron chi connectivity index (χ0n) is 22.7. The molecule has 42 heavy (non-hydrogen) atoms. The molecule has 0 unspecified atom stereocenters. The number of nitrogen functional groups attached to an aromatic ring is 1. The normalized spacial score (nSPS) is 15.1. The first-order valence-corrected chi connectivity index (χ1v) is 13.1. The molecule has 16 heteroatoms. The van der Waals surface area contributed by atoms with E-state index in [-0.39, 0.29) is 23.1 Å². The van der Waals surface area contributed by atoms with E-state index in [9.17, 15) is 18.4 Å². The average Bonchev–Trinajstić information content (AvgIpc) is 3.69. The van der Waals surface area contributed by atoms with Crippen molar-refractivity contribution in [3.63, 3.8) is 0 Å². The van der Waals surface area contributed by atoms with E-state index >= 15 is 0 Å². The van der Waals surface area contributed by atoms with E-state index in [0.29, 0.717) is 73.7 Å². The maximum absolute atomic E-state index is 14.7. The van der Waals surface area contributed by atoms with E-state index in [1.807, 2.05) is 0 Å². The third-order valence-corrected chi connectivity index (χ3v) is 7.32. The van der Waals surface area contributed by atoms with Gasteiger partial charge in [-0.15, -0.1) is 5.10 Å². The predicted octanol–water partition coefficient (Wildman–Crippen LogP) is 1.57. The Morgan fingerprint density at radius 3 is 2.60 bits per heavy atom. The Morgan fingerprint density at radius 1 is 1.14 bits per heavy atom. The first-order valence-electron chi connectivity index (χ1n) is 13.1. The molecule has 1 saturated heterocycles. The Morgan fingerprint density at radius 2 is 1.90 bits per heavy atom. The lowest BCUT2D eigenvalue weighted by Gasteiger charge is -2.36. The maximum Gasteiger partial charge on any atom is 0.344 e. The second-order valence-corrected chi connectivity index (χ2v) is 9.94. The quantitative estimate of drug-likeness (QED) is 0.273. The topological polar surface area (TPSA) is 162 Å². The van der Waals surface area contributed by atoms with E-state index in [1.54, 1.807) is 24.1 Å². The third-order valence-electron chi connectivity index (χ3n) is 7.32. The van der Waals surface area contributed by atoms with Crippen molar-refractivity contribution in [2.75, 3.05) is 43.4 Å². The Hall–Kier alpha value is -4.99. The summed E-state index contributed by atoms with van der Waals surface area (Å²) in [6.45, 7) is 3.99. The molecule has 0 aliphatic carbocycles. The van der Waals surface area contributed by atoms with Gasteiger partial charge in [0.25, 0.3) is 0 Å². The average molecular weight is 584 g/mol. The minimum Gasteiger partial charge on any atom is -0.479 e. The van der Waals surface area contributed by atoms with Gasteiger partial charge in [-0.3, -0.25) is 14.0 Å². The van der Waals surface area contributed by atoms with Crippen LogP contribution < -0.4 is 21.1 Å². The third kappa shape index (κ3) is 4.68. The van der Waals surface area contributed by atoms with Crippen molar-refractivity contribution in [1.29, 1.82) is 0 Å². The number of rotatable bonds is 8. The van der Waals surface area contributed by atoms with E-state index in [2.05, 4.69) is 20.0 Å². The molecule has 3 N–H and O–H groups in total. The number of piperazine rings is 1. The summed E-state index contributed by atoms with van der Waals surface area (Å²) < 4.78 is 43.8. The van der Waals surface area contributed by atoms with E-state index in [4.69, 9.17) is 20.0 Å². The fourth-order valence-electron chi connectivity index (χ4n) is 5.05. The van der Waals surface area contributed by atoms with Crippen molar-refractivity contribution in [1.82, 2.24) is 33.6 Å². The summed E-state index contributed by atoms with van der Waals surface area (Å²) in [7, 11) is 1.63. The van der Waals surface area contributed by atoms with Crippen molar-refractivity contribution in [3.8, 4) is 17.3 Å². The van der Waals surface area contributed by atoms with E-state index < -0.39 is 23.7 Å². The number of ether oxygens (including phenoxy) is 1. The summed E-state index contributed by atoms with van der Waals surface area (Å²) in [5, 5.41) is 13.4. The van der Waals surface area contributed by atoms with Gasteiger partial charge in [0.05, 0.1) is 12.0 Å². The molecule has 1 aromatic carbocycles. The van der Waals surface area contributed by atoms with Crippen molar-refractivity contribution in [2.45, 2.75) is 19.6 Å². The van der Waals surface area contributed by atoms with Crippen LogP contribution in [0.15, 0.2) is 39.7 Å². The summed E-state index contributed by atoms with van der Waals surface area (Å²) in [6.07, 6.45) is 0.213. The number of aromatic nitrogens is 6. The largest absolute Gasteiger partial charge is 0.479 e. The number of furan rings is 1. The van der Waals surface area contributed by atoms with Crippen molar-refractivity contribution in [3.05, 3.63) is 52.6 Å². The molecule has 14 nitrogen and oxygen atoms in total. The van der Waals surface area contributed by atoms with Crippen LogP contribution in [-0.2, 0) is 18.4 Å². The highest BCUT2D eigenvalue weighted by molar-refractivity contribution is 5.88. The molecule has 5 aromatic rings. The molecule has 1 aliphatic heterocycles. The van der Waals surface area contributed by atoms with Crippen LogP contribution in [0.25, 0.3) is 28.4 Å². The van der Waals surface area contributed by atoms with Crippen LogP contribution in [0.3, 0.4) is 0 Å². The van der Waals surface area contributed by atoms with Gasteiger partial charge in [0.1, 0.15) is 11.3 Å². The second kappa shape index (κ2) is 10.4. The van der Waals surface area contributed by atoms with E-state index in [0.717, 1.165) is 0 Å². The number of aliphatic carboxylic acids is 1. The Bertz CT molecular complexity index is 1860. The summed E-state index contributed by atoms with van der Waals surface area (Å²) in [5.41, 5.74) is 7.25. The predicted molar refractivity (Wildman–Crippen MR) is 146 cm³/mol. The lowest BCUT2D eigenvalue weighted by atomic mass is 10.2. The number of benzene rings is 1. The Kier molecular flexibility index (Phi) is 6.76. The molecule has 0 amide bonds. The number of halogens is 2. The van der Waals surface area contributed by atoms with Crippen LogP contribution in [0.5, 0.6) is 5.75 Å². The summed E-state index contributed by atoms with van der Waals surface area (Å²) in [4.78, 5) is 37.2. The number of nitrogens with two attached hydrogens (primary N) is 1. The highest BCUT2D eigenvalue weighted by Gasteiger charge is 2.25. The lowest BCUT2D eigenvalue weighted by molar-refractivity contribution is -0.144. The standard InChI is InChI=1S/C26H27F2N9O5/c1-14(24(38)39)42-19-13-17(15(27)12-16(19)28)35-8-5-34(6-9-35)7-10-36-22-20(33(2)26(36)40)23-30-21(18-4-3-11-41-18)32-37(23)25(29)31-22/h3-4,11-14H,5-10H2,1-2H3,(H2,29,31)(H,38,39)/t14-/m0/s1. The molecular formula is C26H27F2N9O5. The lowest BCUT2D eigenvalue weighted by Crippen LogP contribution is -2.47. The van der Waals surface area contributed by atoms with Crippen molar-refractivity contribution in [2.24, 2.45) is 7.05 Å². The number of carbonyl (C=O) groups is 1. The zero-order valence-corrected chi connectivity index (χ0v) is 22.7. The number of hydrogen-bond donors (Lipinski definition) is 2. The fraction of sp³-hybridized carbons (Fsp3) is 0.346. The number of carboxylic acid groups (broad SMARTS) is 1. The van der Waals surface area contributed by atoms with Crippen molar-refractivity contribution < 1.29 is 27.8 Å². The molecule has 0 spiro atoms. The van der Waals surface area contributed by atoms with Crippen LogP contribution in [0.4, 0.5) is 20.4 Å². The molecule has 1 atom stereocenters. The Labute approximate surface area is 236 Å². The van der Waals surface area contributed by atoms with Crippen LogP contribution in [-0.4, -0.2) is 83.5 Å². The van der Waals surface area contributed by atoms with Gasteiger partial charge >= 0.3 is 11.7 Å². The Balaban J connectivity index is 1.18. The van der Waals surface area contributed by atoms with E-state index in [1.165, 1.54) is 32.9 Å². The highest BCUT2D eigenvalue weighted by Crippen LogP contribution is 2.30. The van der Waals surface area contributed by atoms with Gasteiger partial charge in [0, 0.05) is 58.4 Å². The molecule has 220 valence electrons. The second-order valence-electron chi connectivity index (χ2n) is 9.94. The number of carboxylic acids is 1. The number of fused-ring (bicyclic) bond motifs is 3. The minimum atomic E-state index is -1.30. The smallest absolute Gasteiger partial charge is 0.344 e. The first-order chi connectivity index (χ1) is 20.1. The summed E-state index contributed by atoms with van der Waals surface area (Å²) >= 11 is 0. The van der Waals surface area contributed by atoms with Crippen LogP contribution in [0.2, 0.25) is 0 Å². The molecule has 1 aliphatic rings. The SMILES string of the molecule is C[C@H](Oc1cc(N2CCN(CCn3c(=O)n(C)c4c3nc(N)n3nc(-c5ccco5)nc43)CC2)c(F)cc1F)C(=O)O. The summed E-state index contributed by atoms with van der Waals surface area (Å²) in [5.74, 6) is -2.50. The number of hydrogen-bond acceptors (Lipinski definition) is 10. The van der Waals surface area contributed by atoms with Gasteiger partial charge in [0.2, 0.25) is 11.8 Å². The van der Waals surface area contributed by atoms with Gasteiger partial charge in [-0.05, 0) is 19.1 Å². The number of aryl methyl sites for hydroxylation is 1. The van der Waals surface area contributed by atoms with Crippen LogP contribution in [0, 0.1) is 11.6 Å². The van der Waals surface area contributed by atoms with Crippen molar-refractivity contribution >= 4 is 34.4 Å². The zero-order chi connectivity index (χ0) is 29.7. The molecule has 5 heterocycles. The minimum absolute atomic E-state index is 0.0678. The number of imidazole rings is 1. The molecule has 0 saturated carbocycles. The van der Waals surface area contributed by atoms with Crippen LogP contribution in [0.1, 0.15) is 6.92 Å². The molecule has 0 bridgehead atoms. The fourth-order valence-corrected chi connectivity index (χ4v) is 5.05. The maximum atomic E-state index is 14.7. The molecule has 0 radical (unpaired) electrons. The number of anilines is 2. The van der Waals surface area contributed by atoms with Crippen LogP contribution >= 0.6 is 0 Å². The molecule has 6 rings (SSSR count). The molecule has 4 aromatic heterocycles. The summed E-state index contributed by atoms with van der Waals surface area (Å²) in [6, 6.07) is 5.32.